The maximum atomic E-state index is 5.83. The Balaban J connectivity index is 1.57. The first-order valence-corrected chi connectivity index (χ1v) is 10.4. The molecule has 0 spiro atoms. The van der Waals surface area contributed by atoms with Crippen LogP contribution in [-0.2, 0) is 0 Å². The summed E-state index contributed by atoms with van der Waals surface area (Å²) in [7, 11) is 0. The molecule has 4 aromatic rings. The second kappa shape index (κ2) is 7.37. The molecule has 1 aliphatic rings. The molecule has 0 amide bonds. The van der Waals surface area contributed by atoms with E-state index in [1.165, 1.54) is 11.3 Å². The van der Waals surface area contributed by atoms with Gasteiger partial charge in [-0.15, -0.1) is 10.2 Å². The van der Waals surface area contributed by atoms with E-state index in [9.17, 15) is 0 Å². The molecule has 0 aliphatic carbocycles. The summed E-state index contributed by atoms with van der Waals surface area (Å²) in [6.45, 7) is 1.99. The first kappa shape index (κ1) is 18.0. The van der Waals surface area contributed by atoms with Gasteiger partial charge in [0.25, 0.3) is 0 Å². The summed E-state index contributed by atoms with van der Waals surface area (Å²) in [6, 6.07) is 11.5. The number of benzene rings is 1. The van der Waals surface area contributed by atoms with Crippen LogP contribution in [0.4, 0.5) is 11.1 Å². The molecule has 0 bridgehead atoms. The van der Waals surface area contributed by atoms with E-state index < -0.39 is 0 Å². The summed E-state index contributed by atoms with van der Waals surface area (Å²) in [6.07, 6.45) is 3.79. The van der Waals surface area contributed by atoms with Crippen molar-refractivity contribution in [3.8, 4) is 0 Å². The lowest BCUT2D eigenvalue weighted by Gasteiger charge is -2.29. The Morgan fingerprint density at radius 3 is 2.90 bits per heavy atom. The fourth-order valence-electron chi connectivity index (χ4n) is 3.07. The Kier molecular flexibility index (Phi) is 4.57. The molecule has 0 saturated carbocycles. The van der Waals surface area contributed by atoms with Crippen molar-refractivity contribution in [3.05, 3.63) is 70.0 Å². The predicted octanol–water partition coefficient (Wildman–Crippen LogP) is 4.77. The molecule has 0 saturated heterocycles. The summed E-state index contributed by atoms with van der Waals surface area (Å²) in [5.74, 6) is 0.538. The molecule has 1 unspecified atom stereocenters. The molecule has 0 fully saturated rings. The van der Waals surface area contributed by atoms with Gasteiger partial charge >= 0.3 is 6.01 Å². The Morgan fingerprint density at radius 1 is 1.21 bits per heavy atom. The van der Waals surface area contributed by atoms with Crippen LogP contribution in [0.25, 0.3) is 11.1 Å². The molecule has 8 nitrogen and oxygen atoms in total. The van der Waals surface area contributed by atoms with Crippen molar-refractivity contribution in [1.29, 1.82) is 0 Å². The second-order valence-corrected chi connectivity index (χ2v) is 7.91. The van der Waals surface area contributed by atoms with Gasteiger partial charge in [-0.1, -0.05) is 23.5 Å². The molecule has 10 heteroatoms. The highest BCUT2D eigenvalue weighted by Crippen LogP contribution is 2.33. The smallest absolute Gasteiger partial charge is 0.302 e. The number of nitrogens with zero attached hydrogens (tertiary/aromatic N) is 6. The third kappa shape index (κ3) is 3.40. The van der Waals surface area contributed by atoms with Crippen LogP contribution in [0.2, 0.25) is 0 Å². The number of fused-ring (bicyclic) bond motifs is 1. The highest BCUT2D eigenvalue weighted by atomic mass is 79.9. The standard InChI is InChI=1S/C19H14BrN7OS/c1-11-9-14(16-12(20)5-4-8-21-16)23-17(27(11)19-26-22-10-29-19)25-18-24-13-6-2-3-7-15(13)28-18/h2-10,14H,1H3,(H,23,24,25). The maximum Gasteiger partial charge on any atom is 0.302 e. The van der Waals surface area contributed by atoms with Crippen molar-refractivity contribution in [1.82, 2.24) is 20.2 Å². The van der Waals surface area contributed by atoms with Crippen molar-refractivity contribution in [2.45, 2.75) is 13.0 Å². The van der Waals surface area contributed by atoms with E-state index in [-0.39, 0.29) is 6.04 Å². The number of hydrogen-bond donors (Lipinski definition) is 1. The number of para-hydroxylation sites is 2. The Hall–Kier alpha value is -3.11. The van der Waals surface area contributed by atoms with E-state index in [4.69, 9.17) is 9.41 Å². The van der Waals surface area contributed by atoms with Crippen LogP contribution >= 0.6 is 27.3 Å². The lowest BCUT2D eigenvalue weighted by atomic mass is 10.1. The highest BCUT2D eigenvalue weighted by Gasteiger charge is 2.28. The van der Waals surface area contributed by atoms with Crippen molar-refractivity contribution in [2.24, 2.45) is 4.99 Å². The average Bonchev–Trinajstić information content (AvgIpc) is 3.37. The number of oxazole rings is 1. The van der Waals surface area contributed by atoms with Crippen molar-refractivity contribution in [3.63, 3.8) is 0 Å². The topological polar surface area (TPSA) is 92.3 Å². The van der Waals surface area contributed by atoms with Crippen LogP contribution in [0.3, 0.4) is 0 Å². The number of anilines is 2. The zero-order valence-corrected chi connectivity index (χ0v) is 17.6. The number of nitrogens with one attached hydrogen (secondary N) is 1. The van der Waals surface area contributed by atoms with Gasteiger partial charge < -0.3 is 4.42 Å². The third-order valence-corrected chi connectivity index (χ3v) is 5.69. The fraction of sp³-hybridized carbons (Fsp3) is 0.105. The molecule has 1 atom stereocenters. The number of guanidine groups is 1. The van der Waals surface area contributed by atoms with E-state index in [0.717, 1.165) is 21.4 Å². The molecule has 1 aromatic carbocycles. The molecular weight excluding hydrogens is 454 g/mol. The Bertz CT molecular complexity index is 1200. The number of allylic oxidation sites excluding steroid dienone is 1. The van der Waals surface area contributed by atoms with Gasteiger partial charge in [0, 0.05) is 16.4 Å². The molecule has 0 radical (unpaired) electrons. The molecule has 1 aliphatic heterocycles. The summed E-state index contributed by atoms with van der Waals surface area (Å²) in [5, 5.41) is 12.1. The van der Waals surface area contributed by atoms with Gasteiger partial charge in [-0.2, -0.15) is 4.98 Å². The molecular formula is C19H14BrN7OS. The summed E-state index contributed by atoms with van der Waals surface area (Å²) in [4.78, 5) is 15.7. The summed E-state index contributed by atoms with van der Waals surface area (Å²) < 4.78 is 6.72. The van der Waals surface area contributed by atoms with E-state index >= 15 is 0 Å². The van der Waals surface area contributed by atoms with Gasteiger partial charge in [0.1, 0.15) is 17.1 Å². The van der Waals surface area contributed by atoms with Gasteiger partial charge in [0.05, 0.1) is 5.69 Å². The first-order valence-electron chi connectivity index (χ1n) is 8.74. The highest BCUT2D eigenvalue weighted by molar-refractivity contribution is 9.10. The van der Waals surface area contributed by atoms with Crippen LogP contribution < -0.4 is 10.2 Å². The zero-order valence-electron chi connectivity index (χ0n) is 15.2. The number of rotatable bonds is 3. The predicted molar refractivity (Wildman–Crippen MR) is 116 cm³/mol. The van der Waals surface area contributed by atoms with E-state index in [1.54, 1.807) is 11.7 Å². The largest absolute Gasteiger partial charge is 0.423 e. The molecule has 3 aromatic heterocycles. The Morgan fingerprint density at radius 2 is 2.10 bits per heavy atom. The normalized spacial score (nSPS) is 16.6. The minimum absolute atomic E-state index is 0.276. The van der Waals surface area contributed by atoms with Gasteiger partial charge in [0.15, 0.2) is 5.58 Å². The second-order valence-electron chi connectivity index (χ2n) is 6.24. The zero-order chi connectivity index (χ0) is 19.8. The van der Waals surface area contributed by atoms with Gasteiger partial charge in [-0.3, -0.25) is 15.2 Å². The lowest BCUT2D eigenvalue weighted by Crippen LogP contribution is -2.38. The molecule has 1 N–H and O–H groups in total. The number of hydrogen-bond acceptors (Lipinski definition) is 9. The van der Waals surface area contributed by atoms with Gasteiger partial charge in [-0.05, 0) is 53.2 Å². The number of halogens is 1. The van der Waals surface area contributed by atoms with E-state index in [1.807, 2.05) is 54.3 Å². The van der Waals surface area contributed by atoms with Crippen molar-refractivity contribution in [2.75, 3.05) is 10.2 Å². The Labute approximate surface area is 178 Å². The van der Waals surface area contributed by atoms with Crippen molar-refractivity contribution < 1.29 is 4.42 Å². The molecule has 5 rings (SSSR count). The van der Waals surface area contributed by atoms with Crippen molar-refractivity contribution >= 4 is 55.5 Å². The van der Waals surface area contributed by atoms with Crippen LogP contribution in [0.1, 0.15) is 18.7 Å². The monoisotopic (exact) mass is 467 g/mol. The average molecular weight is 468 g/mol. The summed E-state index contributed by atoms with van der Waals surface area (Å²) in [5.41, 5.74) is 4.91. The fourth-order valence-corrected chi connectivity index (χ4v) is 4.18. The third-order valence-electron chi connectivity index (χ3n) is 4.34. The SMILES string of the molecule is CC1=CC(c2ncccc2Br)N=C(Nc2nc3ccccc3o2)N1c1nncs1. The van der Waals surface area contributed by atoms with Gasteiger partial charge in [-0.25, -0.2) is 4.99 Å². The minimum atomic E-state index is -0.276. The van der Waals surface area contributed by atoms with Crippen LogP contribution in [0, 0.1) is 0 Å². The minimum Gasteiger partial charge on any atom is -0.423 e. The lowest BCUT2D eigenvalue weighted by molar-refractivity contribution is 0.623. The summed E-state index contributed by atoms with van der Waals surface area (Å²) >= 11 is 4.99. The molecule has 4 heterocycles. The number of pyridine rings is 1. The quantitative estimate of drug-likeness (QED) is 0.463. The first-order chi connectivity index (χ1) is 14.2. The number of aromatic nitrogens is 4. The van der Waals surface area contributed by atoms with Crippen LogP contribution in [-0.4, -0.2) is 26.1 Å². The van der Waals surface area contributed by atoms with E-state index in [0.29, 0.717) is 22.7 Å². The molecule has 144 valence electrons. The molecule has 29 heavy (non-hydrogen) atoms. The van der Waals surface area contributed by atoms with E-state index in [2.05, 4.69) is 41.4 Å². The maximum absolute atomic E-state index is 5.83. The number of aliphatic imine (C=N–C) groups is 1. The van der Waals surface area contributed by atoms with Crippen LogP contribution in [0.5, 0.6) is 0 Å². The van der Waals surface area contributed by atoms with Gasteiger partial charge in [0.2, 0.25) is 11.1 Å². The van der Waals surface area contributed by atoms with Crippen LogP contribution in [0.15, 0.2) is 73.8 Å².